The molecule has 2 aromatic carbocycles. The van der Waals surface area contributed by atoms with Crippen molar-refractivity contribution in [2.75, 3.05) is 18.4 Å². The highest BCUT2D eigenvalue weighted by Gasteiger charge is 2.23. The van der Waals surface area contributed by atoms with E-state index in [1.165, 1.54) is 11.3 Å². The normalized spacial score (nSPS) is 17.8. The van der Waals surface area contributed by atoms with Gasteiger partial charge in [0.05, 0.1) is 24.1 Å². The first kappa shape index (κ1) is 25.2. The summed E-state index contributed by atoms with van der Waals surface area (Å²) < 4.78 is 11.8. The molecule has 0 bridgehead atoms. The fourth-order valence-electron chi connectivity index (χ4n) is 4.75. The Bertz CT molecular complexity index is 1540. The lowest BCUT2D eigenvalue weighted by atomic mass is 10.1. The quantitative estimate of drug-likeness (QED) is 0.258. The number of morpholine rings is 1. The molecule has 0 amide bonds. The Hall–Kier alpha value is -4.12. The predicted molar refractivity (Wildman–Crippen MR) is 151 cm³/mol. The topological polar surface area (TPSA) is 109 Å². The predicted octanol–water partition coefficient (Wildman–Crippen LogP) is 5.98. The SMILES string of the molecule is C[C@@H]1CN(Cc2cc(Nc3ncc(-c4nnc(-c5ccccc5)o4)s3)nc(-c3ccc(O)cc3)c2)C[C@H](C)O1. The number of phenolic OH excluding ortho intramolecular Hbond substituents is 1. The molecule has 0 unspecified atom stereocenters. The van der Waals surface area contributed by atoms with Crippen LogP contribution in [0.5, 0.6) is 5.75 Å². The molecule has 39 heavy (non-hydrogen) atoms. The molecule has 1 fully saturated rings. The minimum Gasteiger partial charge on any atom is -0.508 e. The summed E-state index contributed by atoms with van der Waals surface area (Å²) >= 11 is 1.42. The number of phenols is 1. The highest BCUT2D eigenvalue weighted by Crippen LogP contribution is 2.32. The number of nitrogens with zero attached hydrogens (tertiary/aromatic N) is 5. The second-order valence-corrected chi connectivity index (χ2v) is 10.7. The highest BCUT2D eigenvalue weighted by atomic mass is 32.1. The van der Waals surface area contributed by atoms with E-state index in [9.17, 15) is 5.11 Å². The van der Waals surface area contributed by atoms with E-state index in [-0.39, 0.29) is 18.0 Å². The van der Waals surface area contributed by atoms with Crippen molar-refractivity contribution >= 4 is 22.3 Å². The molecule has 10 heteroatoms. The van der Waals surface area contributed by atoms with Crippen LogP contribution in [0.4, 0.5) is 10.9 Å². The molecule has 0 aliphatic carbocycles. The molecule has 2 N–H and O–H groups in total. The molecule has 5 aromatic rings. The number of benzene rings is 2. The smallest absolute Gasteiger partial charge is 0.259 e. The minimum atomic E-state index is 0.186. The highest BCUT2D eigenvalue weighted by molar-refractivity contribution is 7.18. The number of thiazole rings is 1. The van der Waals surface area contributed by atoms with Gasteiger partial charge < -0.3 is 19.6 Å². The van der Waals surface area contributed by atoms with Crippen LogP contribution in [0.1, 0.15) is 19.4 Å². The number of ether oxygens (including phenoxy) is 1. The number of rotatable bonds is 7. The van der Waals surface area contributed by atoms with E-state index in [4.69, 9.17) is 14.1 Å². The third kappa shape index (κ3) is 5.98. The van der Waals surface area contributed by atoms with E-state index in [1.54, 1.807) is 18.3 Å². The Morgan fingerprint density at radius 3 is 2.46 bits per heavy atom. The minimum absolute atomic E-state index is 0.186. The zero-order valence-electron chi connectivity index (χ0n) is 21.6. The molecule has 1 saturated heterocycles. The average Bonchev–Trinajstić information content (AvgIpc) is 3.59. The standard InChI is InChI=1S/C29H28N6O3S/c1-18-15-35(16-19(2)37-18)17-20-12-24(21-8-10-23(36)11-9-21)31-26(13-20)32-29-30-14-25(39-29)28-34-33-27(38-28)22-6-4-3-5-7-22/h3-14,18-19,36H,15-17H2,1-2H3,(H,30,31,32)/t18-,19+. The third-order valence-electron chi connectivity index (χ3n) is 6.35. The van der Waals surface area contributed by atoms with Gasteiger partial charge in [-0.25, -0.2) is 9.97 Å². The van der Waals surface area contributed by atoms with Crippen LogP contribution in [0.3, 0.4) is 0 Å². The van der Waals surface area contributed by atoms with Gasteiger partial charge in [0.25, 0.3) is 5.89 Å². The second-order valence-electron chi connectivity index (χ2n) is 9.68. The number of anilines is 2. The second kappa shape index (κ2) is 10.9. The van der Waals surface area contributed by atoms with Crippen LogP contribution in [-0.4, -0.2) is 55.5 Å². The van der Waals surface area contributed by atoms with Gasteiger partial charge in [-0.3, -0.25) is 4.90 Å². The molecular formula is C29H28N6O3S. The van der Waals surface area contributed by atoms with Gasteiger partial charge in [0.1, 0.15) is 16.4 Å². The fraction of sp³-hybridized carbons (Fsp3) is 0.241. The van der Waals surface area contributed by atoms with E-state index in [0.717, 1.165) is 46.9 Å². The molecule has 198 valence electrons. The molecule has 1 aliphatic heterocycles. The molecule has 1 aliphatic rings. The summed E-state index contributed by atoms with van der Waals surface area (Å²) in [5.74, 6) is 1.78. The summed E-state index contributed by atoms with van der Waals surface area (Å²) in [5.41, 5.74) is 3.72. The van der Waals surface area contributed by atoms with Crippen LogP contribution in [-0.2, 0) is 11.3 Å². The summed E-state index contributed by atoms with van der Waals surface area (Å²) in [6.07, 6.45) is 2.09. The third-order valence-corrected chi connectivity index (χ3v) is 7.25. The number of hydrogen-bond acceptors (Lipinski definition) is 10. The van der Waals surface area contributed by atoms with Crippen LogP contribution in [0.15, 0.2) is 77.3 Å². The van der Waals surface area contributed by atoms with Crippen molar-refractivity contribution in [3.8, 4) is 39.2 Å². The van der Waals surface area contributed by atoms with Gasteiger partial charge in [0.15, 0.2) is 5.13 Å². The van der Waals surface area contributed by atoms with Gasteiger partial charge in [0, 0.05) is 30.8 Å². The number of pyridine rings is 1. The van der Waals surface area contributed by atoms with E-state index < -0.39 is 0 Å². The van der Waals surface area contributed by atoms with Crippen molar-refractivity contribution < 1.29 is 14.3 Å². The molecule has 2 atom stereocenters. The summed E-state index contributed by atoms with van der Waals surface area (Å²) in [6.45, 7) is 6.73. The fourth-order valence-corrected chi connectivity index (χ4v) is 5.50. The van der Waals surface area contributed by atoms with Crippen LogP contribution in [0.25, 0.3) is 33.5 Å². The first-order valence-electron chi connectivity index (χ1n) is 12.8. The van der Waals surface area contributed by atoms with Crippen molar-refractivity contribution in [1.82, 2.24) is 25.1 Å². The zero-order valence-corrected chi connectivity index (χ0v) is 22.4. The molecular weight excluding hydrogens is 512 g/mol. The average molecular weight is 541 g/mol. The Kier molecular flexibility index (Phi) is 7.06. The van der Waals surface area contributed by atoms with Gasteiger partial charge in [-0.05, 0) is 67.9 Å². The van der Waals surface area contributed by atoms with Gasteiger partial charge >= 0.3 is 0 Å². The summed E-state index contributed by atoms with van der Waals surface area (Å²) in [7, 11) is 0. The van der Waals surface area contributed by atoms with Crippen LogP contribution < -0.4 is 5.32 Å². The van der Waals surface area contributed by atoms with Gasteiger partial charge in [-0.15, -0.1) is 10.2 Å². The zero-order chi connectivity index (χ0) is 26.8. The summed E-state index contributed by atoms with van der Waals surface area (Å²) in [4.78, 5) is 12.6. The van der Waals surface area contributed by atoms with E-state index in [2.05, 4.69) is 51.4 Å². The van der Waals surface area contributed by atoms with E-state index in [1.807, 2.05) is 42.5 Å². The lowest BCUT2D eigenvalue weighted by molar-refractivity contribution is -0.0704. The molecule has 4 heterocycles. The number of aromatic nitrogens is 4. The maximum Gasteiger partial charge on any atom is 0.259 e. The van der Waals surface area contributed by atoms with Gasteiger partial charge in [0.2, 0.25) is 5.89 Å². The van der Waals surface area contributed by atoms with Crippen LogP contribution >= 0.6 is 11.3 Å². The van der Waals surface area contributed by atoms with Crippen molar-refractivity contribution in [3.05, 3.63) is 78.5 Å². The number of aromatic hydroxyl groups is 1. The van der Waals surface area contributed by atoms with Crippen molar-refractivity contribution in [2.45, 2.75) is 32.6 Å². The Morgan fingerprint density at radius 1 is 0.949 bits per heavy atom. The lowest BCUT2D eigenvalue weighted by Gasteiger charge is -2.35. The van der Waals surface area contributed by atoms with Gasteiger partial charge in [-0.2, -0.15) is 0 Å². The van der Waals surface area contributed by atoms with Crippen molar-refractivity contribution in [2.24, 2.45) is 0 Å². The molecule has 0 spiro atoms. The van der Waals surface area contributed by atoms with Crippen LogP contribution in [0, 0.1) is 0 Å². The Balaban J connectivity index is 1.26. The maximum atomic E-state index is 9.76. The summed E-state index contributed by atoms with van der Waals surface area (Å²) in [5, 5.41) is 22.2. The Morgan fingerprint density at radius 2 is 1.69 bits per heavy atom. The van der Waals surface area contributed by atoms with Crippen molar-refractivity contribution in [3.63, 3.8) is 0 Å². The molecule has 9 nitrogen and oxygen atoms in total. The first-order valence-corrected chi connectivity index (χ1v) is 13.6. The molecule has 3 aromatic heterocycles. The number of nitrogens with one attached hydrogen (secondary N) is 1. The van der Waals surface area contributed by atoms with Crippen molar-refractivity contribution in [1.29, 1.82) is 0 Å². The largest absolute Gasteiger partial charge is 0.508 e. The number of hydrogen-bond donors (Lipinski definition) is 2. The molecule has 6 rings (SSSR count). The molecule has 0 radical (unpaired) electrons. The maximum absolute atomic E-state index is 9.76. The summed E-state index contributed by atoms with van der Waals surface area (Å²) in [6, 6.07) is 20.9. The Labute approximate surface area is 230 Å². The first-order chi connectivity index (χ1) is 19.0. The molecule has 0 saturated carbocycles. The van der Waals surface area contributed by atoms with Gasteiger partial charge in [-0.1, -0.05) is 29.5 Å². The monoisotopic (exact) mass is 540 g/mol. The van der Waals surface area contributed by atoms with Crippen LogP contribution in [0.2, 0.25) is 0 Å². The van der Waals surface area contributed by atoms with E-state index >= 15 is 0 Å². The van der Waals surface area contributed by atoms with E-state index in [0.29, 0.717) is 22.7 Å². The lowest BCUT2D eigenvalue weighted by Crippen LogP contribution is -2.44.